The van der Waals surface area contributed by atoms with E-state index in [-0.39, 0.29) is 16.5 Å². The van der Waals surface area contributed by atoms with Crippen LogP contribution in [0.15, 0.2) is 45.4 Å². The fourth-order valence-electron chi connectivity index (χ4n) is 1.57. The molecule has 3 nitrogen and oxygen atoms in total. The predicted octanol–water partition coefficient (Wildman–Crippen LogP) is 4.37. The fraction of sp³-hybridized carbons (Fsp3) is 0.0769. The van der Waals surface area contributed by atoms with Crippen molar-refractivity contribution in [2.24, 2.45) is 0 Å². The fourth-order valence-corrected chi connectivity index (χ4v) is 3.00. The quantitative estimate of drug-likeness (QED) is 0.671. The molecule has 0 aliphatic rings. The number of thiophene rings is 1. The lowest BCUT2D eigenvalue weighted by Crippen LogP contribution is -1.92. The van der Waals surface area contributed by atoms with Crippen LogP contribution >= 0.6 is 23.1 Å². The van der Waals surface area contributed by atoms with Gasteiger partial charge in [0.15, 0.2) is 0 Å². The SMILES string of the molecule is Fc1cccc(F)c1CSc1nnc(-c2cccs2)o1. The monoisotopic (exact) mass is 310 g/mol. The molecule has 0 unspecified atom stereocenters. The van der Waals surface area contributed by atoms with Gasteiger partial charge in [0.2, 0.25) is 0 Å². The molecule has 2 heterocycles. The second-order valence-corrected chi connectivity index (χ2v) is 5.71. The third-order valence-electron chi connectivity index (χ3n) is 2.54. The molecule has 3 aromatic rings. The summed E-state index contributed by atoms with van der Waals surface area (Å²) in [6, 6.07) is 7.53. The summed E-state index contributed by atoms with van der Waals surface area (Å²) in [6.45, 7) is 0. The van der Waals surface area contributed by atoms with E-state index in [9.17, 15) is 8.78 Å². The second kappa shape index (κ2) is 5.72. The maximum absolute atomic E-state index is 13.5. The van der Waals surface area contributed by atoms with Gasteiger partial charge in [0.1, 0.15) is 11.6 Å². The van der Waals surface area contributed by atoms with Gasteiger partial charge in [0.25, 0.3) is 11.1 Å². The molecule has 0 amide bonds. The summed E-state index contributed by atoms with van der Waals surface area (Å²) in [5.41, 5.74) is 0.00775. The van der Waals surface area contributed by atoms with Gasteiger partial charge in [-0.3, -0.25) is 0 Å². The average Bonchev–Trinajstić information content (AvgIpc) is 3.09. The molecule has 3 rings (SSSR count). The van der Waals surface area contributed by atoms with E-state index in [0.717, 1.165) is 16.6 Å². The van der Waals surface area contributed by atoms with Crippen LogP contribution in [-0.4, -0.2) is 10.2 Å². The van der Waals surface area contributed by atoms with Crippen molar-refractivity contribution < 1.29 is 13.2 Å². The molecule has 0 atom stereocenters. The molecular formula is C13H8F2N2OS2. The predicted molar refractivity (Wildman–Crippen MR) is 73.5 cm³/mol. The molecule has 0 saturated carbocycles. The highest BCUT2D eigenvalue weighted by Gasteiger charge is 2.13. The van der Waals surface area contributed by atoms with E-state index in [1.165, 1.54) is 29.5 Å². The van der Waals surface area contributed by atoms with Crippen molar-refractivity contribution in [1.82, 2.24) is 10.2 Å². The lowest BCUT2D eigenvalue weighted by Gasteiger charge is -2.01. The average molecular weight is 310 g/mol. The van der Waals surface area contributed by atoms with E-state index in [1.54, 1.807) is 0 Å². The second-order valence-electron chi connectivity index (χ2n) is 3.84. The molecule has 102 valence electrons. The van der Waals surface area contributed by atoms with Crippen LogP contribution in [-0.2, 0) is 5.75 Å². The van der Waals surface area contributed by atoms with Crippen molar-refractivity contribution >= 4 is 23.1 Å². The third-order valence-corrected chi connectivity index (χ3v) is 4.24. The molecule has 0 aliphatic carbocycles. The Morgan fingerprint density at radius 2 is 1.90 bits per heavy atom. The first-order valence-corrected chi connectivity index (χ1v) is 7.53. The van der Waals surface area contributed by atoms with Crippen molar-refractivity contribution in [3.63, 3.8) is 0 Å². The standard InChI is InChI=1S/C13H8F2N2OS2/c14-9-3-1-4-10(15)8(9)7-20-13-17-16-12(18-13)11-5-2-6-19-11/h1-6H,7H2. The minimum atomic E-state index is -0.574. The van der Waals surface area contributed by atoms with E-state index >= 15 is 0 Å². The summed E-state index contributed by atoms with van der Waals surface area (Å²) in [5.74, 6) is -0.632. The van der Waals surface area contributed by atoms with E-state index in [1.807, 2.05) is 17.5 Å². The Bertz CT molecular complexity index is 693. The zero-order valence-electron chi connectivity index (χ0n) is 10.0. The number of hydrogen-bond acceptors (Lipinski definition) is 5. The zero-order valence-corrected chi connectivity index (χ0v) is 11.7. The van der Waals surface area contributed by atoms with E-state index < -0.39 is 11.6 Å². The summed E-state index contributed by atoms with van der Waals surface area (Å²) in [4.78, 5) is 0.862. The maximum atomic E-state index is 13.5. The normalized spacial score (nSPS) is 10.9. The van der Waals surface area contributed by atoms with Crippen LogP contribution in [0.4, 0.5) is 8.78 Å². The number of thioether (sulfide) groups is 1. The minimum absolute atomic E-state index is 0.00775. The van der Waals surface area contributed by atoms with Crippen LogP contribution in [0.2, 0.25) is 0 Å². The summed E-state index contributed by atoms with van der Waals surface area (Å²) in [7, 11) is 0. The van der Waals surface area contributed by atoms with E-state index in [2.05, 4.69) is 10.2 Å². The Balaban J connectivity index is 1.73. The van der Waals surface area contributed by atoms with Crippen molar-refractivity contribution in [3.8, 4) is 10.8 Å². The Hall–Kier alpha value is -1.73. The third kappa shape index (κ3) is 2.73. The highest BCUT2D eigenvalue weighted by molar-refractivity contribution is 7.98. The minimum Gasteiger partial charge on any atom is -0.410 e. The number of hydrogen-bond donors (Lipinski definition) is 0. The molecular weight excluding hydrogens is 302 g/mol. The lowest BCUT2D eigenvalue weighted by atomic mass is 10.2. The number of halogens is 2. The van der Waals surface area contributed by atoms with Crippen LogP contribution in [0, 0.1) is 11.6 Å². The molecule has 0 spiro atoms. The molecule has 0 saturated heterocycles. The first-order chi connectivity index (χ1) is 9.74. The Morgan fingerprint density at radius 1 is 1.10 bits per heavy atom. The number of aromatic nitrogens is 2. The smallest absolute Gasteiger partial charge is 0.277 e. The first kappa shape index (κ1) is 13.3. The van der Waals surface area contributed by atoms with Gasteiger partial charge >= 0.3 is 0 Å². The van der Waals surface area contributed by atoms with Gasteiger partial charge < -0.3 is 4.42 Å². The van der Waals surface area contributed by atoms with Crippen molar-refractivity contribution in [2.45, 2.75) is 11.0 Å². The largest absolute Gasteiger partial charge is 0.410 e. The number of nitrogens with zero attached hydrogens (tertiary/aromatic N) is 2. The van der Waals surface area contributed by atoms with Crippen LogP contribution in [0.5, 0.6) is 0 Å². The summed E-state index contributed by atoms with van der Waals surface area (Å²) in [6.07, 6.45) is 0. The van der Waals surface area contributed by atoms with Gasteiger partial charge in [-0.15, -0.1) is 21.5 Å². The van der Waals surface area contributed by atoms with Crippen molar-refractivity contribution in [3.05, 3.63) is 52.9 Å². The summed E-state index contributed by atoms with van der Waals surface area (Å²) >= 11 is 2.59. The van der Waals surface area contributed by atoms with E-state index in [4.69, 9.17) is 4.42 Å². The zero-order chi connectivity index (χ0) is 13.9. The first-order valence-electron chi connectivity index (χ1n) is 5.67. The van der Waals surface area contributed by atoms with E-state index in [0.29, 0.717) is 5.89 Å². The van der Waals surface area contributed by atoms with Gasteiger partial charge in [0.05, 0.1) is 4.88 Å². The molecule has 0 bridgehead atoms. The summed E-state index contributed by atoms with van der Waals surface area (Å²) in [5, 5.41) is 9.95. The van der Waals surface area contributed by atoms with Crippen LogP contribution in [0.25, 0.3) is 10.8 Å². The molecule has 0 N–H and O–H groups in total. The lowest BCUT2D eigenvalue weighted by molar-refractivity contribution is 0.466. The maximum Gasteiger partial charge on any atom is 0.277 e. The Morgan fingerprint density at radius 3 is 2.60 bits per heavy atom. The highest BCUT2D eigenvalue weighted by atomic mass is 32.2. The molecule has 0 radical (unpaired) electrons. The molecule has 0 aliphatic heterocycles. The van der Waals surface area contributed by atoms with Crippen LogP contribution < -0.4 is 0 Å². The van der Waals surface area contributed by atoms with Gasteiger partial charge in [0, 0.05) is 11.3 Å². The molecule has 0 fully saturated rings. The van der Waals surface area contributed by atoms with Gasteiger partial charge in [-0.2, -0.15) is 0 Å². The van der Waals surface area contributed by atoms with Gasteiger partial charge in [-0.05, 0) is 23.6 Å². The van der Waals surface area contributed by atoms with Crippen LogP contribution in [0.3, 0.4) is 0 Å². The van der Waals surface area contributed by atoms with Gasteiger partial charge in [-0.25, -0.2) is 8.78 Å². The molecule has 7 heteroatoms. The van der Waals surface area contributed by atoms with Crippen molar-refractivity contribution in [2.75, 3.05) is 0 Å². The Labute approximate surface area is 121 Å². The topological polar surface area (TPSA) is 38.9 Å². The van der Waals surface area contributed by atoms with Gasteiger partial charge in [-0.1, -0.05) is 23.9 Å². The highest BCUT2D eigenvalue weighted by Crippen LogP contribution is 2.29. The van der Waals surface area contributed by atoms with Crippen LogP contribution in [0.1, 0.15) is 5.56 Å². The summed E-state index contributed by atoms with van der Waals surface area (Å²) < 4.78 is 32.4. The Kier molecular flexibility index (Phi) is 3.79. The number of rotatable bonds is 4. The molecule has 20 heavy (non-hydrogen) atoms. The molecule has 1 aromatic carbocycles. The van der Waals surface area contributed by atoms with Crippen molar-refractivity contribution in [1.29, 1.82) is 0 Å². The number of benzene rings is 1. The molecule has 2 aromatic heterocycles.